The molecule has 2 aliphatic rings. The Labute approximate surface area is 195 Å². The third kappa shape index (κ3) is 5.02. The molecular weight excluding hydrogens is 469 g/mol. The summed E-state index contributed by atoms with van der Waals surface area (Å²) in [5, 5.41) is 2.70. The zero-order chi connectivity index (χ0) is 24.3. The molecule has 0 spiro atoms. The van der Waals surface area contributed by atoms with Gasteiger partial charge in [0.25, 0.3) is 15.7 Å². The third-order valence-electron chi connectivity index (χ3n) is 5.70. The molecule has 0 radical (unpaired) electrons. The van der Waals surface area contributed by atoms with Gasteiger partial charge in [-0.25, -0.2) is 8.42 Å². The van der Waals surface area contributed by atoms with Crippen molar-refractivity contribution < 1.29 is 31.1 Å². The minimum atomic E-state index is -5.45. The number of rotatable bonds is 5. The van der Waals surface area contributed by atoms with Crippen molar-refractivity contribution in [3.8, 4) is 0 Å². The van der Waals surface area contributed by atoms with Crippen LogP contribution in [0.1, 0.15) is 18.4 Å². The van der Waals surface area contributed by atoms with Crippen LogP contribution in [0, 0.1) is 0 Å². The van der Waals surface area contributed by atoms with Gasteiger partial charge in [-0.05, 0) is 54.3 Å². The maximum absolute atomic E-state index is 13.2. The van der Waals surface area contributed by atoms with Crippen LogP contribution >= 0.6 is 0 Å². The highest BCUT2D eigenvalue weighted by molar-refractivity contribution is 7.92. The molecule has 1 aliphatic heterocycles. The van der Waals surface area contributed by atoms with Crippen molar-refractivity contribution >= 4 is 27.5 Å². The third-order valence-corrected chi connectivity index (χ3v) is 7.21. The molecular formula is C24H23F3N2O4S. The van der Waals surface area contributed by atoms with Crippen molar-refractivity contribution in [2.45, 2.75) is 23.2 Å². The van der Waals surface area contributed by atoms with E-state index in [1.807, 2.05) is 30.3 Å². The van der Waals surface area contributed by atoms with Crippen LogP contribution in [0.2, 0.25) is 0 Å². The zero-order valence-corrected chi connectivity index (χ0v) is 19.0. The first-order valence-corrected chi connectivity index (χ1v) is 12.2. The van der Waals surface area contributed by atoms with E-state index in [0.29, 0.717) is 44.7 Å². The number of nitrogens with zero attached hydrogens (tertiary/aromatic N) is 1. The standard InChI is InChI=1S/C24H23F3N2O4S/c25-24(26,27)34(31,32)20-9-7-19(8-10-20)28-23(30)21-11-6-18(16-17-4-2-1-3-5-17)22(21)29-12-14-33-15-13-29/h1-5,7-10,16H,6,11-15H2,(H,28,30)/b18-16-. The molecule has 180 valence electrons. The molecule has 0 unspecified atom stereocenters. The number of benzene rings is 2. The van der Waals surface area contributed by atoms with E-state index in [-0.39, 0.29) is 11.6 Å². The molecule has 10 heteroatoms. The van der Waals surface area contributed by atoms with Crippen molar-refractivity contribution in [2.75, 3.05) is 31.6 Å². The van der Waals surface area contributed by atoms with Gasteiger partial charge < -0.3 is 15.0 Å². The monoisotopic (exact) mass is 492 g/mol. The number of anilines is 1. The molecule has 0 bridgehead atoms. The Bertz CT molecular complexity index is 1220. The van der Waals surface area contributed by atoms with Crippen LogP contribution in [0.4, 0.5) is 18.9 Å². The van der Waals surface area contributed by atoms with Crippen molar-refractivity contribution in [1.29, 1.82) is 0 Å². The Morgan fingerprint density at radius 2 is 1.62 bits per heavy atom. The average molecular weight is 493 g/mol. The van der Waals surface area contributed by atoms with Gasteiger partial charge in [-0.1, -0.05) is 30.3 Å². The van der Waals surface area contributed by atoms with Gasteiger partial charge in [0, 0.05) is 30.0 Å². The number of carbonyl (C=O) groups excluding carboxylic acids is 1. The van der Waals surface area contributed by atoms with Crippen molar-refractivity contribution in [3.05, 3.63) is 77.0 Å². The quantitative estimate of drug-likeness (QED) is 0.671. The van der Waals surface area contributed by atoms with E-state index in [1.54, 1.807) is 0 Å². The fourth-order valence-corrected chi connectivity index (χ4v) is 4.80. The Hall–Kier alpha value is -3.11. The van der Waals surface area contributed by atoms with E-state index in [1.165, 1.54) is 0 Å². The molecule has 1 aliphatic carbocycles. The van der Waals surface area contributed by atoms with Gasteiger partial charge in [-0.15, -0.1) is 0 Å². The number of hydrogen-bond donors (Lipinski definition) is 1. The lowest BCUT2D eigenvalue weighted by molar-refractivity contribution is -0.113. The Kier molecular flexibility index (Phi) is 6.81. The van der Waals surface area contributed by atoms with Gasteiger partial charge in [0.15, 0.2) is 0 Å². The lowest BCUT2D eigenvalue weighted by atomic mass is 10.1. The topological polar surface area (TPSA) is 75.7 Å². The smallest absolute Gasteiger partial charge is 0.378 e. The highest BCUT2D eigenvalue weighted by Crippen LogP contribution is 2.36. The number of ether oxygens (including phenoxy) is 1. The highest BCUT2D eigenvalue weighted by Gasteiger charge is 2.46. The summed E-state index contributed by atoms with van der Waals surface area (Å²) < 4.78 is 66.9. The summed E-state index contributed by atoms with van der Waals surface area (Å²) in [6, 6.07) is 13.8. The molecule has 34 heavy (non-hydrogen) atoms. The number of sulfone groups is 1. The van der Waals surface area contributed by atoms with Crippen LogP contribution in [0.3, 0.4) is 0 Å². The second-order valence-corrected chi connectivity index (χ2v) is 9.88. The number of alkyl halides is 3. The summed E-state index contributed by atoms with van der Waals surface area (Å²) >= 11 is 0. The summed E-state index contributed by atoms with van der Waals surface area (Å²) in [7, 11) is -5.45. The maximum Gasteiger partial charge on any atom is 0.501 e. The number of hydrogen-bond acceptors (Lipinski definition) is 5. The number of morpholine rings is 1. The van der Waals surface area contributed by atoms with Crippen LogP contribution in [0.25, 0.3) is 6.08 Å². The van der Waals surface area contributed by atoms with E-state index >= 15 is 0 Å². The molecule has 1 heterocycles. The summed E-state index contributed by atoms with van der Waals surface area (Å²) in [4.78, 5) is 14.4. The molecule has 0 aromatic heterocycles. The second kappa shape index (κ2) is 9.63. The van der Waals surface area contributed by atoms with E-state index in [0.717, 1.165) is 41.1 Å². The first-order chi connectivity index (χ1) is 16.2. The first-order valence-electron chi connectivity index (χ1n) is 10.7. The van der Waals surface area contributed by atoms with Crippen LogP contribution in [-0.4, -0.2) is 51.0 Å². The fraction of sp³-hybridized carbons (Fsp3) is 0.292. The normalized spacial score (nSPS) is 18.4. The van der Waals surface area contributed by atoms with Crippen LogP contribution < -0.4 is 5.32 Å². The summed E-state index contributed by atoms with van der Waals surface area (Å²) in [6.45, 7) is 2.38. The van der Waals surface area contributed by atoms with E-state index in [2.05, 4.69) is 16.3 Å². The molecule has 1 saturated heterocycles. The highest BCUT2D eigenvalue weighted by atomic mass is 32.2. The molecule has 0 atom stereocenters. The predicted molar refractivity (Wildman–Crippen MR) is 121 cm³/mol. The molecule has 2 aromatic rings. The largest absolute Gasteiger partial charge is 0.501 e. The van der Waals surface area contributed by atoms with Gasteiger partial charge in [-0.3, -0.25) is 4.79 Å². The van der Waals surface area contributed by atoms with Crippen LogP contribution in [0.5, 0.6) is 0 Å². The summed E-state index contributed by atoms with van der Waals surface area (Å²) in [5.74, 6) is -0.371. The van der Waals surface area contributed by atoms with Gasteiger partial charge in [0.2, 0.25) is 0 Å². The SMILES string of the molecule is O=C(Nc1ccc(S(=O)(=O)C(F)(F)F)cc1)C1=C(N2CCOCC2)/C(=C\c2ccccc2)CC1. The van der Waals surface area contributed by atoms with Gasteiger partial charge in [0.05, 0.1) is 18.1 Å². The lowest BCUT2D eigenvalue weighted by Gasteiger charge is -2.31. The predicted octanol–water partition coefficient (Wildman–Crippen LogP) is 4.38. The average Bonchev–Trinajstić information content (AvgIpc) is 3.23. The number of nitrogens with one attached hydrogen (secondary N) is 1. The second-order valence-electron chi connectivity index (χ2n) is 7.93. The van der Waals surface area contributed by atoms with Gasteiger partial charge in [0.1, 0.15) is 0 Å². The van der Waals surface area contributed by atoms with Crippen LogP contribution in [0.15, 0.2) is 76.3 Å². The van der Waals surface area contributed by atoms with Gasteiger partial charge in [-0.2, -0.15) is 13.2 Å². The lowest BCUT2D eigenvalue weighted by Crippen LogP contribution is -2.36. The minimum Gasteiger partial charge on any atom is -0.378 e. The Morgan fingerprint density at radius 3 is 2.24 bits per heavy atom. The molecule has 2 aromatic carbocycles. The minimum absolute atomic E-state index is 0.209. The summed E-state index contributed by atoms with van der Waals surface area (Å²) in [6.07, 6.45) is 3.24. The molecule has 1 N–H and O–H groups in total. The van der Waals surface area contributed by atoms with E-state index in [4.69, 9.17) is 4.74 Å². The Morgan fingerprint density at radius 1 is 0.971 bits per heavy atom. The molecule has 6 nitrogen and oxygen atoms in total. The van der Waals surface area contributed by atoms with Gasteiger partial charge >= 0.3 is 5.51 Å². The van der Waals surface area contributed by atoms with Crippen molar-refractivity contribution in [2.24, 2.45) is 0 Å². The zero-order valence-electron chi connectivity index (χ0n) is 18.1. The maximum atomic E-state index is 13.2. The molecule has 1 fully saturated rings. The van der Waals surface area contributed by atoms with Crippen molar-refractivity contribution in [3.63, 3.8) is 0 Å². The van der Waals surface area contributed by atoms with Crippen molar-refractivity contribution in [1.82, 2.24) is 4.90 Å². The van der Waals surface area contributed by atoms with E-state index < -0.39 is 20.2 Å². The number of carbonyl (C=O) groups is 1. The van der Waals surface area contributed by atoms with E-state index in [9.17, 15) is 26.4 Å². The molecule has 0 saturated carbocycles. The first kappa shape index (κ1) is 24.0. The molecule has 1 amide bonds. The number of halogens is 3. The molecule has 4 rings (SSSR count). The number of allylic oxidation sites excluding steroid dienone is 1. The number of amides is 1. The summed E-state index contributed by atoms with van der Waals surface area (Å²) in [5.41, 5.74) is -1.70. The fourth-order valence-electron chi connectivity index (χ4n) is 4.04. The van der Waals surface area contributed by atoms with Crippen LogP contribution in [-0.2, 0) is 19.4 Å². The Balaban J connectivity index is 1.61.